The molecule has 2 aromatic rings. The maximum Gasteiger partial charge on any atom is 0.247 e. The molecule has 7 heteroatoms. The highest BCUT2D eigenvalue weighted by molar-refractivity contribution is 7.99. The Bertz CT molecular complexity index is 665. The topological polar surface area (TPSA) is 66.4 Å². The summed E-state index contributed by atoms with van der Waals surface area (Å²) in [7, 11) is 0. The summed E-state index contributed by atoms with van der Waals surface area (Å²) in [5.74, 6) is 2.84. The first kappa shape index (κ1) is 11.8. The van der Waals surface area contributed by atoms with E-state index in [2.05, 4.69) is 15.2 Å². The molecule has 2 aliphatic rings. The van der Waals surface area contributed by atoms with E-state index in [0.717, 1.165) is 10.6 Å². The smallest absolute Gasteiger partial charge is 0.247 e. The summed E-state index contributed by atoms with van der Waals surface area (Å²) < 4.78 is 16.7. The van der Waals surface area contributed by atoms with Crippen molar-refractivity contribution in [2.75, 3.05) is 25.6 Å². The van der Waals surface area contributed by atoms with Crippen LogP contribution in [-0.4, -0.2) is 40.8 Å². The van der Waals surface area contributed by atoms with E-state index in [1.54, 1.807) is 24.0 Å². The minimum absolute atomic E-state index is 0.516. The van der Waals surface area contributed by atoms with Crippen LogP contribution in [0.25, 0.3) is 11.4 Å². The zero-order valence-corrected chi connectivity index (χ0v) is 11.4. The van der Waals surface area contributed by atoms with Crippen molar-refractivity contribution >= 4 is 11.8 Å². The molecule has 102 valence electrons. The standard InChI is InChI=1S/C13H11N3O3S/c1-2-14-11(12-9(1)17-3-4-18-12)8-7-10-13(16-15-8)19-5-6-20-10/h1-2,7H,3-6H2. The molecule has 2 aromatic heterocycles. The Hall–Kier alpha value is -2.02. The lowest BCUT2D eigenvalue weighted by atomic mass is 10.2. The van der Waals surface area contributed by atoms with E-state index in [0.29, 0.717) is 48.6 Å². The molecule has 0 aliphatic carbocycles. The van der Waals surface area contributed by atoms with Gasteiger partial charge < -0.3 is 14.2 Å². The second-order valence-electron chi connectivity index (χ2n) is 4.28. The van der Waals surface area contributed by atoms with Crippen LogP contribution in [0.5, 0.6) is 17.4 Å². The summed E-state index contributed by atoms with van der Waals surface area (Å²) in [6.07, 6.45) is 1.69. The van der Waals surface area contributed by atoms with Gasteiger partial charge in [0.05, 0.1) is 11.5 Å². The van der Waals surface area contributed by atoms with E-state index >= 15 is 0 Å². The minimum Gasteiger partial charge on any atom is -0.486 e. The summed E-state index contributed by atoms with van der Waals surface area (Å²) in [4.78, 5) is 5.34. The van der Waals surface area contributed by atoms with Crippen LogP contribution >= 0.6 is 11.8 Å². The van der Waals surface area contributed by atoms with Gasteiger partial charge >= 0.3 is 0 Å². The summed E-state index contributed by atoms with van der Waals surface area (Å²) in [6, 6.07) is 3.73. The number of hydrogen-bond acceptors (Lipinski definition) is 7. The average Bonchev–Trinajstić information content (AvgIpc) is 2.54. The van der Waals surface area contributed by atoms with Gasteiger partial charge in [-0.3, -0.25) is 4.98 Å². The first-order chi connectivity index (χ1) is 9.92. The number of aromatic nitrogens is 3. The molecule has 0 saturated carbocycles. The molecule has 0 radical (unpaired) electrons. The predicted molar refractivity (Wildman–Crippen MR) is 72.5 cm³/mol. The SMILES string of the molecule is c1cc2c(c(-c3cc4c(nn3)OCCS4)n1)OCCO2. The molecule has 0 fully saturated rings. The third-order valence-electron chi connectivity index (χ3n) is 3.01. The molecule has 4 heterocycles. The van der Waals surface area contributed by atoms with Crippen molar-refractivity contribution in [1.82, 2.24) is 15.2 Å². The van der Waals surface area contributed by atoms with Crippen LogP contribution in [0.4, 0.5) is 0 Å². The molecule has 0 amide bonds. The molecule has 0 saturated heterocycles. The van der Waals surface area contributed by atoms with Gasteiger partial charge in [0, 0.05) is 18.0 Å². The lowest BCUT2D eigenvalue weighted by Crippen LogP contribution is -2.16. The zero-order chi connectivity index (χ0) is 13.4. The largest absolute Gasteiger partial charge is 0.486 e. The Morgan fingerprint density at radius 1 is 1.05 bits per heavy atom. The monoisotopic (exact) mass is 289 g/mol. The Kier molecular flexibility index (Phi) is 2.84. The number of fused-ring (bicyclic) bond motifs is 2. The van der Waals surface area contributed by atoms with Crippen LogP contribution in [0.15, 0.2) is 23.2 Å². The highest BCUT2D eigenvalue weighted by atomic mass is 32.2. The summed E-state index contributed by atoms with van der Waals surface area (Å²) in [6.45, 7) is 1.74. The lowest BCUT2D eigenvalue weighted by molar-refractivity contribution is 0.171. The van der Waals surface area contributed by atoms with Crippen LogP contribution in [0.3, 0.4) is 0 Å². The van der Waals surface area contributed by atoms with E-state index in [9.17, 15) is 0 Å². The van der Waals surface area contributed by atoms with Crippen molar-refractivity contribution < 1.29 is 14.2 Å². The van der Waals surface area contributed by atoms with E-state index in [1.165, 1.54) is 0 Å². The van der Waals surface area contributed by atoms with Crippen molar-refractivity contribution in [3.05, 3.63) is 18.3 Å². The quantitative estimate of drug-likeness (QED) is 0.793. The number of thioether (sulfide) groups is 1. The Balaban J connectivity index is 1.81. The van der Waals surface area contributed by atoms with Gasteiger partial charge in [-0.2, -0.15) is 0 Å². The van der Waals surface area contributed by atoms with E-state index < -0.39 is 0 Å². The van der Waals surface area contributed by atoms with Gasteiger partial charge in [-0.15, -0.1) is 22.0 Å². The van der Waals surface area contributed by atoms with Gasteiger partial charge in [-0.1, -0.05) is 0 Å². The van der Waals surface area contributed by atoms with Gasteiger partial charge in [-0.05, 0) is 6.07 Å². The Morgan fingerprint density at radius 3 is 3.00 bits per heavy atom. The number of rotatable bonds is 1. The highest BCUT2D eigenvalue weighted by Gasteiger charge is 2.21. The predicted octanol–water partition coefficient (Wildman–Crippen LogP) is 1.79. The molecular formula is C13H11N3O3S. The number of nitrogens with zero attached hydrogens (tertiary/aromatic N) is 3. The molecule has 4 rings (SSSR count). The maximum absolute atomic E-state index is 5.66. The van der Waals surface area contributed by atoms with Crippen LogP contribution in [0.1, 0.15) is 0 Å². The third-order valence-corrected chi connectivity index (χ3v) is 3.98. The van der Waals surface area contributed by atoms with Crippen molar-refractivity contribution in [3.8, 4) is 28.8 Å². The summed E-state index contributed by atoms with van der Waals surface area (Å²) >= 11 is 1.71. The molecule has 0 atom stereocenters. The lowest BCUT2D eigenvalue weighted by Gasteiger charge is -2.20. The fourth-order valence-corrected chi connectivity index (χ4v) is 2.94. The van der Waals surface area contributed by atoms with Crippen molar-refractivity contribution in [3.63, 3.8) is 0 Å². The van der Waals surface area contributed by atoms with Gasteiger partial charge in [-0.25, -0.2) is 0 Å². The van der Waals surface area contributed by atoms with Crippen molar-refractivity contribution in [2.45, 2.75) is 4.90 Å². The molecule has 0 N–H and O–H groups in total. The minimum atomic E-state index is 0.516. The van der Waals surface area contributed by atoms with Crippen molar-refractivity contribution in [1.29, 1.82) is 0 Å². The second kappa shape index (κ2) is 4.82. The van der Waals surface area contributed by atoms with Gasteiger partial charge in [0.15, 0.2) is 11.5 Å². The number of pyridine rings is 1. The zero-order valence-electron chi connectivity index (χ0n) is 10.5. The first-order valence-electron chi connectivity index (χ1n) is 6.30. The summed E-state index contributed by atoms with van der Waals surface area (Å²) in [5, 5.41) is 8.30. The summed E-state index contributed by atoms with van der Waals surface area (Å²) in [5.41, 5.74) is 1.33. The molecular weight excluding hydrogens is 278 g/mol. The van der Waals surface area contributed by atoms with Gasteiger partial charge in [0.1, 0.15) is 24.6 Å². The molecule has 0 bridgehead atoms. The molecule has 0 spiro atoms. The molecule has 6 nitrogen and oxygen atoms in total. The normalized spacial score (nSPS) is 16.2. The third kappa shape index (κ3) is 1.94. The van der Waals surface area contributed by atoms with Gasteiger partial charge in [0.25, 0.3) is 0 Å². The van der Waals surface area contributed by atoms with Crippen LogP contribution in [0.2, 0.25) is 0 Å². The Morgan fingerprint density at radius 2 is 2.00 bits per heavy atom. The fraction of sp³-hybridized carbons (Fsp3) is 0.308. The fourth-order valence-electron chi connectivity index (χ4n) is 2.13. The first-order valence-corrected chi connectivity index (χ1v) is 7.29. The second-order valence-corrected chi connectivity index (χ2v) is 5.42. The average molecular weight is 289 g/mol. The number of hydrogen-bond donors (Lipinski definition) is 0. The van der Waals surface area contributed by atoms with E-state index in [-0.39, 0.29) is 0 Å². The molecule has 20 heavy (non-hydrogen) atoms. The van der Waals surface area contributed by atoms with Gasteiger partial charge in [0.2, 0.25) is 5.88 Å². The van der Waals surface area contributed by atoms with E-state index in [1.807, 2.05) is 6.07 Å². The molecule has 2 aliphatic heterocycles. The maximum atomic E-state index is 5.66. The highest BCUT2D eigenvalue weighted by Crippen LogP contribution is 2.39. The molecule has 0 aromatic carbocycles. The van der Waals surface area contributed by atoms with Crippen LogP contribution in [0, 0.1) is 0 Å². The van der Waals surface area contributed by atoms with Crippen molar-refractivity contribution in [2.24, 2.45) is 0 Å². The van der Waals surface area contributed by atoms with Crippen LogP contribution in [-0.2, 0) is 0 Å². The Labute approximate surface area is 119 Å². The van der Waals surface area contributed by atoms with E-state index in [4.69, 9.17) is 14.2 Å². The molecule has 0 unspecified atom stereocenters. The van der Waals surface area contributed by atoms with Crippen LogP contribution < -0.4 is 14.2 Å². The number of ether oxygens (including phenoxy) is 3.